The normalized spacial score (nSPS) is 11.4. The van der Waals surface area contributed by atoms with Crippen molar-refractivity contribution >= 4 is 22.8 Å². The first-order valence-corrected chi connectivity index (χ1v) is 12.7. The molecule has 0 saturated carbocycles. The third kappa shape index (κ3) is 9.42. The van der Waals surface area contributed by atoms with Crippen LogP contribution in [0.2, 0.25) is 0 Å². The quantitative estimate of drug-likeness (QED) is 0.376. The molecule has 3 rings (SSSR count). The van der Waals surface area contributed by atoms with Gasteiger partial charge in [-0.2, -0.15) is 0 Å². The fraction of sp³-hybridized carbons (Fsp3) is 0.400. The highest BCUT2D eigenvalue weighted by Gasteiger charge is 2.15. The number of benzene rings is 3. The summed E-state index contributed by atoms with van der Waals surface area (Å²) in [5.41, 5.74) is 2.45. The van der Waals surface area contributed by atoms with Gasteiger partial charge in [0.15, 0.2) is 0 Å². The first-order valence-electron chi connectivity index (χ1n) is 12.7. The first-order chi connectivity index (χ1) is 17.6. The van der Waals surface area contributed by atoms with Gasteiger partial charge >= 0.3 is 6.09 Å². The zero-order chi connectivity index (χ0) is 26.8. The summed E-state index contributed by atoms with van der Waals surface area (Å²) in [5.74, 6) is 0.740. The Morgan fingerprint density at radius 2 is 1.54 bits per heavy atom. The molecule has 2 N–H and O–H groups in total. The Balaban J connectivity index is 1.34. The van der Waals surface area contributed by atoms with Crippen LogP contribution in [0.15, 0.2) is 60.7 Å². The second kappa shape index (κ2) is 13.1. The van der Waals surface area contributed by atoms with Gasteiger partial charge in [-0.05, 0) is 93.4 Å². The van der Waals surface area contributed by atoms with Crippen molar-refractivity contribution in [2.24, 2.45) is 0 Å². The second-order valence-electron chi connectivity index (χ2n) is 10.3. The van der Waals surface area contributed by atoms with Crippen molar-refractivity contribution in [1.82, 2.24) is 15.5 Å². The smallest absolute Gasteiger partial charge is 0.407 e. The molecular formula is C30H39N3O4. The molecule has 7 nitrogen and oxygen atoms in total. The number of methoxy groups -OCH3 is 1. The predicted molar refractivity (Wildman–Crippen MR) is 148 cm³/mol. The Bertz CT molecular complexity index is 1190. The number of carbonyl (C=O) groups is 2. The number of alkyl carbamates (subject to hydrolysis) is 1. The van der Waals surface area contributed by atoms with E-state index >= 15 is 0 Å². The van der Waals surface area contributed by atoms with Gasteiger partial charge in [0.1, 0.15) is 11.4 Å². The van der Waals surface area contributed by atoms with Crippen LogP contribution in [0.25, 0.3) is 10.8 Å². The lowest BCUT2D eigenvalue weighted by Crippen LogP contribution is -2.33. The van der Waals surface area contributed by atoms with Crippen molar-refractivity contribution in [2.75, 3.05) is 33.8 Å². The molecule has 0 unspecified atom stereocenters. The van der Waals surface area contributed by atoms with E-state index in [0.717, 1.165) is 48.0 Å². The molecule has 0 aliphatic carbocycles. The lowest BCUT2D eigenvalue weighted by atomic mass is 10.1. The second-order valence-corrected chi connectivity index (χ2v) is 10.3. The van der Waals surface area contributed by atoms with Gasteiger partial charge in [-0.1, -0.05) is 36.4 Å². The van der Waals surface area contributed by atoms with Crippen LogP contribution in [0.1, 0.15) is 48.7 Å². The average molecular weight is 506 g/mol. The highest BCUT2D eigenvalue weighted by molar-refractivity contribution is 5.98. The molecule has 0 heterocycles. The summed E-state index contributed by atoms with van der Waals surface area (Å²) in [6.07, 6.45) is 1.58. The molecule has 0 fully saturated rings. The summed E-state index contributed by atoms with van der Waals surface area (Å²) >= 11 is 0. The van der Waals surface area contributed by atoms with Crippen LogP contribution in [0.4, 0.5) is 4.79 Å². The maximum absolute atomic E-state index is 12.6. The fourth-order valence-corrected chi connectivity index (χ4v) is 3.93. The van der Waals surface area contributed by atoms with E-state index in [1.54, 1.807) is 7.11 Å². The summed E-state index contributed by atoms with van der Waals surface area (Å²) in [4.78, 5) is 26.6. The summed E-state index contributed by atoms with van der Waals surface area (Å²) < 4.78 is 10.5. The van der Waals surface area contributed by atoms with E-state index in [9.17, 15) is 9.59 Å². The SMILES string of the molecule is COc1ccc2cc(C(=O)NCCN(C)CCCc3ccc(CNC(=O)OC(C)(C)C)cc3)ccc2c1. The number of ether oxygens (including phenoxy) is 2. The number of aryl methyl sites for hydroxylation is 1. The number of nitrogens with one attached hydrogen (secondary N) is 2. The Morgan fingerprint density at radius 1 is 0.865 bits per heavy atom. The number of nitrogens with zero attached hydrogens (tertiary/aromatic N) is 1. The molecule has 0 aromatic heterocycles. The van der Waals surface area contributed by atoms with Gasteiger partial charge in [0.2, 0.25) is 0 Å². The van der Waals surface area contributed by atoms with E-state index in [1.807, 2.05) is 69.3 Å². The van der Waals surface area contributed by atoms with Crippen molar-refractivity contribution in [3.05, 3.63) is 77.4 Å². The summed E-state index contributed by atoms with van der Waals surface area (Å²) in [6, 6.07) is 19.8. The molecular weight excluding hydrogens is 466 g/mol. The molecule has 0 spiro atoms. The van der Waals surface area contributed by atoms with Crippen LogP contribution in [0.3, 0.4) is 0 Å². The molecule has 2 amide bonds. The first kappa shape index (κ1) is 28.0. The molecule has 198 valence electrons. The minimum Gasteiger partial charge on any atom is -0.497 e. The Kier molecular flexibility index (Phi) is 9.92. The van der Waals surface area contributed by atoms with E-state index < -0.39 is 11.7 Å². The Hall–Kier alpha value is -3.58. The lowest BCUT2D eigenvalue weighted by molar-refractivity contribution is 0.0523. The highest BCUT2D eigenvalue weighted by atomic mass is 16.6. The van der Waals surface area contributed by atoms with Crippen LogP contribution in [0, 0.1) is 0 Å². The van der Waals surface area contributed by atoms with Crippen molar-refractivity contribution in [1.29, 1.82) is 0 Å². The van der Waals surface area contributed by atoms with E-state index in [0.29, 0.717) is 18.7 Å². The molecule has 0 atom stereocenters. The third-order valence-corrected chi connectivity index (χ3v) is 5.95. The molecule has 0 saturated heterocycles. The van der Waals surface area contributed by atoms with Crippen molar-refractivity contribution in [3.8, 4) is 5.75 Å². The molecule has 3 aromatic carbocycles. The standard InChI is InChI=1S/C30H39N3O4/c1-30(2,3)37-29(35)32-21-23-10-8-22(9-11-23)7-6-17-33(4)18-16-31-28(34)26-13-12-25-20-27(36-5)15-14-24(25)19-26/h8-15,19-20H,6-7,16-18,21H2,1-5H3,(H,31,34)(H,32,35). The maximum atomic E-state index is 12.6. The topological polar surface area (TPSA) is 79.9 Å². The Morgan fingerprint density at radius 3 is 2.24 bits per heavy atom. The molecule has 0 aliphatic rings. The van der Waals surface area contributed by atoms with Crippen LogP contribution in [0.5, 0.6) is 5.75 Å². The molecule has 0 radical (unpaired) electrons. The number of carbonyl (C=O) groups excluding carboxylic acids is 2. The van der Waals surface area contributed by atoms with Gasteiger partial charge in [-0.15, -0.1) is 0 Å². The zero-order valence-electron chi connectivity index (χ0n) is 22.6. The number of fused-ring (bicyclic) bond motifs is 1. The van der Waals surface area contributed by atoms with Crippen LogP contribution in [-0.4, -0.2) is 56.3 Å². The van der Waals surface area contributed by atoms with Crippen molar-refractivity contribution in [2.45, 2.75) is 45.8 Å². The lowest BCUT2D eigenvalue weighted by Gasteiger charge is -2.19. The molecule has 3 aromatic rings. The number of hydrogen-bond acceptors (Lipinski definition) is 5. The van der Waals surface area contributed by atoms with E-state index in [1.165, 1.54) is 5.56 Å². The summed E-state index contributed by atoms with van der Waals surface area (Å²) in [5, 5.41) is 7.86. The van der Waals surface area contributed by atoms with Crippen LogP contribution < -0.4 is 15.4 Å². The van der Waals surface area contributed by atoms with Gasteiger partial charge in [0.25, 0.3) is 5.91 Å². The van der Waals surface area contributed by atoms with Gasteiger partial charge in [-0.25, -0.2) is 4.79 Å². The minimum atomic E-state index is -0.501. The monoisotopic (exact) mass is 505 g/mol. The average Bonchev–Trinajstić information content (AvgIpc) is 2.86. The fourth-order valence-electron chi connectivity index (χ4n) is 3.93. The Labute approximate surface area is 220 Å². The number of hydrogen-bond donors (Lipinski definition) is 2. The third-order valence-electron chi connectivity index (χ3n) is 5.95. The van der Waals surface area contributed by atoms with Gasteiger partial charge < -0.3 is 25.0 Å². The molecule has 7 heteroatoms. The molecule has 0 bridgehead atoms. The zero-order valence-corrected chi connectivity index (χ0v) is 22.6. The summed E-state index contributed by atoms with van der Waals surface area (Å²) in [7, 11) is 3.72. The van der Waals surface area contributed by atoms with E-state index in [4.69, 9.17) is 9.47 Å². The number of likely N-dealkylation sites (N-methyl/N-ethyl adjacent to an activating group) is 1. The van der Waals surface area contributed by atoms with Gasteiger partial charge in [0, 0.05) is 25.2 Å². The maximum Gasteiger partial charge on any atom is 0.407 e. The summed E-state index contributed by atoms with van der Waals surface area (Å²) in [6.45, 7) is 8.30. The highest BCUT2D eigenvalue weighted by Crippen LogP contribution is 2.21. The number of rotatable bonds is 11. The van der Waals surface area contributed by atoms with Crippen LogP contribution >= 0.6 is 0 Å². The van der Waals surface area contributed by atoms with Crippen molar-refractivity contribution in [3.63, 3.8) is 0 Å². The minimum absolute atomic E-state index is 0.0626. The van der Waals surface area contributed by atoms with Gasteiger partial charge in [0.05, 0.1) is 7.11 Å². The van der Waals surface area contributed by atoms with Gasteiger partial charge in [-0.3, -0.25) is 4.79 Å². The van der Waals surface area contributed by atoms with Crippen LogP contribution in [-0.2, 0) is 17.7 Å². The molecule has 0 aliphatic heterocycles. The predicted octanol–water partition coefficient (Wildman–Crippen LogP) is 5.17. The number of amides is 2. The van der Waals surface area contributed by atoms with Crippen molar-refractivity contribution < 1.29 is 19.1 Å². The van der Waals surface area contributed by atoms with E-state index in [-0.39, 0.29) is 5.91 Å². The van der Waals surface area contributed by atoms with E-state index in [2.05, 4.69) is 34.7 Å². The largest absolute Gasteiger partial charge is 0.497 e. The molecule has 37 heavy (non-hydrogen) atoms.